The van der Waals surface area contributed by atoms with Crippen molar-refractivity contribution in [3.05, 3.63) is 57.9 Å². The highest BCUT2D eigenvalue weighted by atomic mass is 16.6. The lowest BCUT2D eigenvalue weighted by molar-refractivity contribution is -0.384. The van der Waals surface area contributed by atoms with Gasteiger partial charge in [-0.15, -0.1) is 0 Å². The number of ether oxygens (including phenoxy) is 1. The predicted octanol–water partition coefficient (Wildman–Crippen LogP) is 1.77. The van der Waals surface area contributed by atoms with Crippen LogP contribution in [0, 0.1) is 10.1 Å². The van der Waals surface area contributed by atoms with Gasteiger partial charge < -0.3 is 10.1 Å². The number of nitrogens with zero attached hydrogens (tertiary/aromatic N) is 3. The van der Waals surface area contributed by atoms with E-state index >= 15 is 0 Å². The number of aromatic nitrogens is 2. The zero-order chi connectivity index (χ0) is 17.7. The van der Waals surface area contributed by atoms with Gasteiger partial charge in [0.15, 0.2) is 0 Å². The summed E-state index contributed by atoms with van der Waals surface area (Å²) in [6.45, 7) is 0. The molecule has 2 aromatic rings. The van der Waals surface area contributed by atoms with Gasteiger partial charge in [0.25, 0.3) is 5.69 Å². The van der Waals surface area contributed by atoms with E-state index in [0.29, 0.717) is 0 Å². The number of benzene rings is 1. The van der Waals surface area contributed by atoms with Crippen LogP contribution in [0.4, 0.5) is 11.4 Å². The number of nitro benzene ring substituents is 1. The number of rotatable bonds is 5. The van der Waals surface area contributed by atoms with Gasteiger partial charge in [0, 0.05) is 42.7 Å². The molecule has 9 heteroatoms. The third-order valence-corrected chi connectivity index (χ3v) is 2.97. The molecule has 0 radical (unpaired) electrons. The molecular formula is C15H14N4O5. The Bertz CT molecular complexity index is 825. The third kappa shape index (κ3) is 4.26. The van der Waals surface area contributed by atoms with Crippen LogP contribution >= 0.6 is 0 Å². The average Bonchev–Trinajstić information content (AvgIpc) is 2.97. The first-order valence-electron chi connectivity index (χ1n) is 6.74. The van der Waals surface area contributed by atoms with Gasteiger partial charge >= 0.3 is 5.97 Å². The number of esters is 1. The van der Waals surface area contributed by atoms with Gasteiger partial charge in [0.2, 0.25) is 5.91 Å². The average molecular weight is 330 g/mol. The summed E-state index contributed by atoms with van der Waals surface area (Å²) in [4.78, 5) is 33.7. The molecule has 2 rings (SSSR count). The maximum absolute atomic E-state index is 11.9. The van der Waals surface area contributed by atoms with Gasteiger partial charge in [0.1, 0.15) is 0 Å². The van der Waals surface area contributed by atoms with Crippen molar-refractivity contribution in [2.45, 2.75) is 0 Å². The second-order valence-corrected chi connectivity index (χ2v) is 4.79. The summed E-state index contributed by atoms with van der Waals surface area (Å²) >= 11 is 0. The zero-order valence-electron chi connectivity index (χ0n) is 12.9. The van der Waals surface area contributed by atoms with E-state index < -0.39 is 16.8 Å². The summed E-state index contributed by atoms with van der Waals surface area (Å²) in [5.41, 5.74) is 0.482. The number of methoxy groups -OCH3 is 1. The van der Waals surface area contributed by atoms with Crippen molar-refractivity contribution in [1.29, 1.82) is 0 Å². The number of aryl methyl sites for hydroxylation is 1. The topological polar surface area (TPSA) is 116 Å². The fourth-order valence-electron chi connectivity index (χ4n) is 1.91. The van der Waals surface area contributed by atoms with Crippen LogP contribution in [0.2, 0.25) is 0 Å². The highest BCUT2D eigenvalue weighted by molar-refractivity contribution is 6.03. The van der Waals surface area contributed by atoms with Crippen LogP contribution in [0.1, 0.15) is 15.9 Å². The molecule has 0 aliphatic heterocycles. The van der Waals surface area contributed by atoms with E-state index in [2.05, 4.69) is 15.2 Å². The Morgan fingerprint density at radius 2 is 2.12 bits per heavy atom. The fourth-order valence-corrected chi connectivity index (χ4v) is 1.91. The number of hydrogen-bond donors (Lipinski definition) is 1. The van der Waals surface area contributed by atoms with Crippen molar-refractivity contribution in [1.82, 2.24) is 9.78 Å². The molecule has 24 heavy (non-hydrogen) atoms. The van der Waals surface area contributed by atoms with Crippen LogP contribution in [0.25, 0.3) is 6.08 Å². The van der Waals surface area contributed by atoms with Gasteiger partial charge in [-0.3, -0.25) is 19.6 Å². The Morgan fingerprint density at radius 3 is 2.71 bits per heavy atom. The number of anilines is 1. The molecule has 1 amide bonds. The number of carbonyl (C=O) groups excluding carboxylic acids is 2. The Morgan fingerprint density at radius 1 is 1.38 bits per heavy atom. The lowest BCUT2D eigenvalue weighted by Gasteiger charge is -2.05. The van der Waals surface area contributed by atoms with E-state index in [-0.39, 0.29) is 16.9 Å². The molecule has 0 fully saturated rings. The van der Waals surface area contributed by atoms with Gasteiger partial charge in [-0.05, 0) is 12.1 Å². The SMILES string of the molecule is COC(=O)c1cc(NC(=O)/C=C\c2cnn(C)c2)cc([N+](=O)[O-])c1. The van der Waals surface area contributed by atoms with Crippen molar-refractivity contribution in [3.63, 3.8) is 0 Å². The molecule has 0 aliphatic rings. The van der Waals surface area contributed by atoms with Gasteiger partial charge in [0.05, 0.1) is 23.8 Å². The number of hydrogen-bond acceptors (Lipinski definition) is 6. The zero-order valence-corrected chi connectivity index (χ0v) is 12.9. The molecule has 1 N–H and O–H groups in total. The number of nitro groups is 1. The highest BCUT2D eigenvalue weighted by Crippen LogP contribution is 2.21. The molecule has 0 atom stereocenters. The Kier molecular flexibility index (Phi) is 5.05. The van der Waals surface area contributed by atoms with Gasteiger partial charge in [-0.25, -0.2) is 4.79 Å². The maximum Gasteiger partial charge on any atom is 0.338 e. The largest absolute Gasteiger partial charge is 0.465 e. The minimum atomic E-state index is -0.736. The van der Waals surface area contributed by atoms with E-state index in [0.717, 1.165) is 24.8 Å². The summed E-state index contributed by atoms with van der Waals surface area (Å²) in [5, 5.41) is 17.4. The van der Waals surface area contributed by atoms with Crippen LogP contribution in [0.5, 0.6) is 0 Å². The second-order valence-electron chi connectivity index (χ2n) is 4.79. The molecule has 1 heterocycles. The molecule has 1 aromatic heterocycles. The molecular weight excluding hydrogens is 316 g/mol. The van der Waals surface area contributed by atoms with Crippen LogP contribution in [0.3, 0.4) is 0 Å². The Balaban J connectivity index is 2.19. The first-order valence-corrected chi connectivity index (χ1v) is 6.74. The summed E-state index contributed by atoms with van der Waals surface area (Å²) in [7, 11) is 2.91. The quantitative estimate of drug-likeness (QED) is 0.386. The number of nitrogens with one attached hydrogen (secondary N) is 1. The smallest absolute Gasteiger partial charge is 0.338 e. The second kappa shape index (κ2) is 7.18. The van der Waals surface area contributed by atoms with Crippen LogP contribution in [-0.4, -0.2) is 33.7 Å². The molecule has 124 valence electrons. The van der Waals surface area contributed by atoms with Crippen molar-refractivity contribution < 1.29 is 19.2 Å². The van der Waals surface area contributed by atoms with E-state index in [9.17, 15) is 19.7 Å². The van der Waals surface area contributed by atoms with Gasteiger partial charge in [-0.1, -0.05) is 0 Å². The predicted molar refractivity (Wildman–Crippen MR) is 85.3 cm³/mol. The molecule has 0 aliphatic carbocycles. The van der Waals surface area contributed by atoms with Gasteiger partial charge in [-0.2, -0.15) is 5.10 Å². The molecule has 0 saturated heterocycles. The molecule has 0 saturated carbocycles. The summed E-state index contributed by atoms with van der Waals surface area (Å²) in [5.74, 6) is -1.24. The van der Waals surface area contributed by atoms with E-state index in [4.69, 9.17) is 0 Å². The summed E-state index contributed by atoms with van der Waals surface area (Å²) < 4.78 is 6.13. The fraction of sp³-hybridized carbons (Fsp3) is 0.133. The molecule has 0 spiro atoms. The van der Waals surface area contributed by atoms with Crippen molar-refractivity contribution in [2.75, 3.05) is 12.4 Å². The molecule has 9 nitrogen and oxygen atoms in total. The Hall–Kier alpha value is -3.49. The number of amides is 1. The first kappa shape index (κ1) is 16.9. The Labute approximate surface area is 136 Å². The van der Waals surface area contributed by atoms with Crippen LogP contribution in [0.15, 0.2) is 36.7 Å². The van der Waals surface area contributed by atoms with E-state index in [1.165, 1.54) is 12.1 Å². The lowest BCUT2D eigenvalue weighted by atomic mass is 10.1. The van der Waals surface area contributed by atoms with Crippen molar-refractivity contribution in [2.24, 2.45) is 7.05 Å². The monoisotopic (exact) mass is 330 g/mol. The van der Waals surface area contributed by atoms with Crippen LogP contribution < -0.4 is 5.32 Å². The highest BCUT2D eigenvalue weighted by Gasteiger charge is 2.15. The normalized spacial score (nSPS) is 10.6. The lowest BCUT2D eigenvalue weighted by Crippen LogP contribution is -2.10. The number of carbonyl (C=O) groups is 2. The summed E-state index contributed by atoms with van der Waals surface area (Å²) in [6.07, 6.45) is 6.09. The minimum Gasteiger partial charge on any atom is -0.465 e. The minimum absolute atomic E-state index is 0.0294. The standard InChI is InChI=1S/C15H14N4O5/c1-18-9-10(8-16-18)3-4-14(20)17-12-5-11(15(21)24-2)6-13(7-12)19(22)23/h3-9H,1-2H3,(H,17,20)/b4-3-. The third-order valence-electron chi connectivity index (χ3n) is 2.97. The van der Waals surface area contributed by atoms with E-state index in [1.54, 1.807) is 30.2 Å². The first-order chi connectivity index (χ1) is 11.4. The molecule has 0 bridgehead atoms. The molecule has 0 unspecified atom stereocenters. The number of non-ortho nitro benzene ring substituents is 1. The molecule has 1 aromatic carbocycles. The van der Waals surface area contributed by atoms with E-state index in [1.807, 2.05) is 0 Å². The maximum atomic E-state index is 11.9. The van der Waals surface area contributed by atoms with Crippen LogP contribution in [-0.2, 0) is 16.6 Å². The van der Waals surface area contributed by atoms with Crippen molar-refractivity contribution >= 4 is 29.3 Å². The summed E-state index contributed by atoms with van der Waals surface area (Å²) in [6, 6.07) is 3.53. The van der Waals surface area contributed by atoms with Crippen molar-refractivity contribution in [3.8, 4) is 0 Å².